The summed E-state index contributed by atoms with van der Waals surface area (Å²) in [5.74, 6) is -0.0953. The Balaban J connectivity index is 0.000000162. The quantitative estimate of drug-likeness (QED) is 0.179. The molecular formula is C31H32F2O5S2. The van der Waals surface area contributed by atoms with Crippen LogP contribution in [0.3, 0.4) is 0 Å². The minimum Gasteiger partial charge on any atom is -0.743 e. The number of ether oxygens (including phenoxy) is 1. The van der Waals surface area contributed by atoms with E-state index < -0.39 is 21.3 Å². The third-order valence-corrected chi connectivity index (χ3v) is 11.3. The van der Waals surface area contributed by atoms with Gasteiger partial charge in [0.2, 0.25) is 0 Å². The van der Waals surface area contributed by atoms with Gasteiger partial charge in [0.1, 0.15) is 0 Å². The number of alkyl halides is 2. The minimum atomic E-state index is -6.03. The molecule has 0 saturated heterocycles. The first-order valence-electron chi connectivity index (χ1n) is 13.5. The van der Waals surface area contributed by atoms with Crippen molar-refractivity contribution in [1.82, 2.24) is 0 Å². The van der Waals surface area contributed by atoms with E-state index >= 15 is 0 Å². The van der Waals surface area contributed by atoms with Crippen LogP contribution in [0.2, 0.25) is 0 Å². The van der Waals surface area contributed by atoms with Crippen molar-refractivity contribution in [3.05, 3.63) is 91.0 Å². The van der Waals surface area contributed by atoms with Gasteiger partial charge >= 0.3 is 11.2 Å². The molecule has 7 rings (SSSR count). The van der Waals surface area contributed by atoms with Crippen molar-refractivity contribution in [2.24, 2.45) is 29.6 Å². The molecule has 4 bridgehead atoms. The second-order valence-corrected chi connectivity index (χ2v) is 14.4. The highest BCUT2D eigenvalue weighted by Crippen LogP contribution is 2.56. The number of rotatable bonds is 7. The molecule has 4 saturated carbocycles. The van der Waals surface area contributed by atoms with E-state index in [0.29, 0.717) is 23.7 Å². The predicted molar refractivity (Wildman–Crippen MR) is 148 cm³/mol. The highest BCUT2D eigenvalue weighted by molar-refractivity contribution is 7.97. The molecular weight excluding hydrogens is 554 g/mol. The Hall–Kier alpha value is -2.75. The Morgan fingerprint density at radius 3 is 1.48 bits per heavy atom. The van der Waals surface area contributed by atoms with Gasteiger partial charge in [-0.1, -0.05) is 54.6 Å². The van der Waals surface area contributed by atoms with Gasteiger partial charge in [0.15, 0.2) is 24.8 Å². The van der Waals surface area contributed by atoms with Crippen molar-refractivity contribution in [2.45, 2.75) is 52.0 Å². The fraction of sp³-hybridized carbons (Fsp3) is 0.387. The molecule has 4 aliphatic carbocycles. The van der Waals surface area contributed by atoms with E-state index in [1.807, 2.05) is 0 Å². The van der Waals surface area contributed by atoms with Crippen molar-refractivity contribution in [3.63, 3.8) is 0 Å². The smallest absolute Gasteiger partial charge is 0.428 e. The Labute approximate surface area is 237 Å². The number of hydrogen-bond acceptors (Lipinski definition) is 5. The van der Waals surface area contributed by atoms with Gasteiger partial charge in [0.25, 0.3) is 0 Å². The van der Waals surface area contributed by atoms with Gasteiger partial charge in [0, 0.05) is 0 Å². The Morgan fingerprint density at radius 1 is 0.750 bits per heavy atom. The molecule has 0 heterocycles. The SMILES string of the molecule is O=C(OCC1C2CC3CC(C2)CC1C3)C(F)(F)S(=O)(=O)[O-].c1ccc([S+](c2ccccc2)c2ccccc2)cc1. The average Bonchev–Trinajstić information content (AvgIpc) is 2.94. The highest BCUT2D eigenvalue weighted by atomic mass is 32.2. The Bertz CT molecular complexity index is 1260. The summed E-state index contributed by atoms with van der Waals surface area (Å²) in [5.41, 5.74) is 0. The molecule has 40 heavy (non-hydrogen) atoms. The van der Waals surface area contributed by atoms with E-state index in [2.05, 4.69) is 95.7 Å². The van der Waals surface area contributed by atoms with Crippen LogP contribution >= 0.6 is 0 Å². The zero-order valence-electron chi connectivity index (χ0n) is 21.9. The lowest BCUT2D eigenvalue weighted by atomic mass is 9.52. The van der Waals surface area contributed by atoms with Crippen LogP contribution in [0.25, 0.3) is 0 Å². The van der Waals surface area contributed by atoms with Crippen molar-refractivity contribution < 1.29 is 31.3 Å². The van der Waals surface area contributed by atoms with Crippen molar-refractivity contribution >= 4 is 27.0 Å². The van der Waals surface area contributed by atoms with Crippen LogP contribution < -0.4 is 0 Å². The molecule has 9 heteroatoms. The monoisotopic (exact) mass is 586 g/mol. The molecule has 4 aliphatic rings. The summed E-state index contributed by atoms with van der Waals surface area (Å²) in [7, 11) is -6.05. The molecule has 0 spiro atoms. The molecule has 212 valence electrons. The van der Waals surface area contributed by atoms with E-state index in [4.69, 9.17) is 0 Å². The van der Waals surface area contributed by atoms with Gasteiger partial charge in [-0.15, -0.1) is 0 Å². The molecule has 5 nitrogen and oxygen atoms in total. The van der Waals surface area contributed by atoms with Gasteiger partial charge < -0.3 is 9.29 Å². The number of carbonyl (C=O) groups is 1. The fourth-order valence-electron chi connectivity index (χ4n) is 6.75. The van der Waals surface area contributed by atoms with E-state index in [0.717, 1.165) is 25.7 Å². The van der Waals surface area contributed by atoms with Crippen LogP contribution in [-0.2, 0) is 30.5 Å². The molecule has 3 aromatic carbocycles. The van der Waals surface area contributed by atoms with Crippen LogP contribution in [0.15, 0.2) is 106 Å². The fourth-order valence-corrected chi connectivity index (χ4v) is 9.11. The summed E-state index contributed by atoms with van der Waals surface area (Å²) in [6.07, 6.45) is 5.37. The van der Waals surface area contributed by atoms with E-state index in [9.17, 15) is 26.5 Å². The minimum absolute atomic E-state index is 0.0146. The number of hydrogen-bond donors (Lipinski definition) is 0. The van der Waals surface area contributed by atoms with E-state index in [1.54, 1.807) is 0 Å². The highest BCUT2D eigenvalue weighted by Gasteiger charge is 2.51. The topological polar surface area (TPSA) is 83.5 Å². The maximum Gasteiger partial charge on any atom is 0.428 e. The van der Waals surface area contributed by atoms with Crippen LogP contribution in [-0.4, -0.2) is 30.8 Å². The third kappa shape index (κ3) is 6.26. The molecule has 0 amide bonds. The summed E-state index contributed by atoms with van der Waals surface area (Å²) in [6, 6.07) is 32.2. The molecule has 4 fully saturated rings. The Kier molecular flexibility index (Phi) is 8.63. The summed E-state index contributed by atoms with van der Waals surface area (Å²) in [6.45, 7) is -0.210. The number of carbonyl (C=O) groups excluding carboxylic acids is 1. The summed E-state index contributed by atoms with van der Waals surface area (Å²) in [4.78, 5) is 15.3. The average molecular weight is 587 g/mol. The van der Waals surface area contributed by atoms with Gasteiger partial charge in [-0.25, -0.2) is 13.2 Å². The van der Waals surface area contributed by atoms with Gasteiger partial charge in [-0.2, -0.15) is 8.78 Å². The number of benzene rings is 3. The second-order valence-electron chi connectivity index (χ2n) is 10.9. The zero-order chi connectivity index (χ0) is 28.3. The van der Waals surface area contributed by atoms with Crippen LogP contribution in [0.1, 0.15) is 32.1 Å². The van der Waals surface area contributed by atoms with Crippen LogP contribution in [0, 0.1) is 29.6 Å². The van der Waals surface area contributed by atoms with Crippen LogP contribution in [0.5, 0.6) is 0 Å². The standard InChI is InChI=1S/C18H15S.C13H18F2O5S/c1-4-10-16(11-5-1)19(17-12-6-2-7-13-17)18-14-8-3-9-15-18;14-13(15,21(17,18)19)12(16)20-6-11-9-2-7-1-8(4-9)5-10(11)3-7/h1-15H;7-11H,1-6H2,(H,17,18,19)/q+1;/p-1. The van der Waals surface area contributed by atoms with E-state index in [-0.39, 0.29) is 23.4 Å². The molecule has 0 N–H and O–H groups in total. The lowest BCUT2D eigenvalue weighted by Gasteiger charge is -2.54. The molecule has 0 aliphatic heterocycles. The molecule has 0 unspecified atom stereocenters. The zero-order valence-corrected chi connectivity index (χ0v) is 23.5. The predicted octanol–water partition coefficient (Wildman–Crippen LogP) is 6.52. The number of halogens is 2. The lowest BCUT2D eigenvalue weighted by Crippen LogP contribution is -2.48. The molecule has 3 aromatic rings. The van der Waals surface area contributed by atoms with Crippen molar-refractivity contribution in [3.8, 4) is 0 Å². The molecule has 0 aromatic heterocycles. The van der Waals surface area contributed by atoms with Gasteiger partial charge in [-0.3, -0.25) is 0 Å². The Morgan fingerprint density at radius 2 is 1.12 bits per heavy atom. The third-order valence-electron chi connectivity index (χ3n) is 8.32. The summed E-state index contributed by atoms with van der Waals surface area (Å²) in [5, 5.41) is -5.00. The molecule has 0 radical (unpaired) electrons. The van der Waals surface area contributed by atoms with Crippen LogP contribution in [0.4, 0.5) is 8.78 Å². The van der Waals surface area contributed by atoms with Gasteiger partial charge in [-0.05, 0) is 98.1 Å². The first-order chi connectivity index (χ1) is 19.1. The largest absolute Gasteiger partial charge is 0.743 e. The number of esters is 1. The van der Waals surface area contributed by atoms with Crippen molar-refractivity contribution in [1.29, 1.82) is 0 Å². The lowest BCUT2D eigenvalue weighted by molar-refractivity contribution is -0.167. The first-order valence-corrected chi connectivity index (χ1v) is 16.2. The maximum atomic E-state index is 13.1. The second kappa shape index (κ2) is 12.0. The normalized spacial score (nSPS) is 25.2. The van der Waals surface area contributed by atoms with Gasteiger partial charge in [0.05, 0.1) is 17.5 Å². The maximum absolute atomic E-state index is 13.1. The summed E-state index contributed by atoms with van der Waals surface area (Å²) < 4.78 is 61.8. The summed E-state index contributed by atoms with van der Waals surface area (Å²) >= 11 is 0. The first kappa shape index (κ1) is 28.8. The van der Waals surface area contributed by atoms with E-state index in [1.165, 1.54) is 21.1 Å². The van der Waals surface area contributed by atoms with Crippen molar-refractivity contribution in [2.75, 3.05) is 6.61 Å². The molecule has 0 atom stereocenters.